The number of benzene rings is 2. The topological polar surface area (TPSA) is 109 Å². The number of pyridine rings is 1. The fourth-order valence-electron chi connectivity index (χ4n) is 4.44. The molecule has 1 aliphatic heterocycles. The van der Waals surface area contributed by atoms with Crippen molar-refractivity contribution >= 4 is 46.6 Å². The molecule has 4 rings (SSSR count). The number of para-hydroxylation sites is 1. The number of nitrogen functional groups attached to an aromatic ring is 1. The fourth-order valence-corrected chi connectivity index (χ4v) is 5.00. The predicted molar refractivity (Wildman–Crippen MR) is 143 cm³/mol. The summed E-state index contributed by atoms with van der Waals surface area (Å²) in [5.74, 6) is -0.939. The SMILES string of the molecule is CCC1CN(c2ccccc2)C(NC(=O)c2cc(-c3cccc(N)n3)c(Cl)cc2Cl)=CC1(C)C(=O)O. The highest BCUT2D eigenvalue weighted by Gasteiger charge is 2.44. The van der Waals surface area contributed by atoms with Crippen LogP contribution in [0.2, 0.25) is 10.0 Å². The maximum atomic E-state index is 13.5. The zero-order chi connectivity index (χ0) is 26.0. The standard InChI is InChI=1S/C27H26Cl2N4O3/c1-3-16-15-33(17-8-5-4-6-9-17)24(14-27(16,2)26(35)36)32-25(34)19-12-18(20(28)13-21(19)29)22-10-7-11-23(30)31-22/h4-14,16H,3,15H2,1-2H3,(H2,30,31)(H,32,34)(H,35,36). The molecule has 1 amide bonds. The largest absolute Gasteiger partial charge is 0.481 e. The van der Waals surface area contributed by atoms with Gasteiger partial charge in [0.15, 0.2) is 0 Å². The van der Waals surface area contributed by atoms with Gasteiger partial charge >= 0.3 is 5.97 Å². The van der Waals surface area contributed by atoms with E-state index in [9.17, 15) is 14.7 Å². The summed E-state index contributed by atoms with van der Waals surface area (Å²) in [4.78, 5) is 32.0. The number of amides is 1. The minimum atomic E-state index is -1.16. The summed E-state index contributed by atoms with van der Waals surface area (Å²) < 4.78 is 0. The molecule has 0 fully saturated rings. The number of aliphatic carboxylic acids is 1. The lowest BCUT2D eigenvalue weighted by molar-refractivity contribution is -0.148. The van der Waals surface area contributed by atoms with Crippen LogP contribution in [0.5, 0.6) is 0 Å². The van der Waals surface area contributed by atoms with Crippen molar-refractivity contribution in [2.45, 2.75) is 20.3 Å². The maximum absolute atomic E-state index is 13.5. The van der Waals surface area contributed by atoms with Crippen molar-refractivity contribution in [1.82, 2.24) is 10.3 Å². The van der Waals surface area contributed by atoms with E-state index in [0.29, 0.717) is 40.9 Å². The van der Waals surface area contributed by atoms with E-state index >= 15 is 0 Å². The third-order valence-corrected chi connectivity index (χ3v) is 7.21. The second-order valence-electron chi connectivity index (χ2n) is 8.88. The van der Waals surface area contributed by atoms with E-state index in [1.807, 2.05) is 42.2 Å². The number of carboxylic acid groups (broad SMARTS) is 1. The van der Waals surface area contributed by atoms with Crippen molar-refractivity contribution in [2.75, 3.05) is 17.2 Å². The first-order chi connectivity index (χ1) is 17.1. The number of carboxylic acids is 1. The van der Waals surface area contributed by atoms with Crippen molar-refractivity contribution in [2.24, 2.45) is 11.3 Å². The third-order valence-electron chi connectivity index (χ3n) is 6.59. The Labute approximate surface area is 219 Å². The van der Waals surface area contributed by atoms with E-state index in [1.165, 1.54) is 6.07 Å². The Balaban J connectivity index is 1.76. The number of hydrogen-bond acceptors (Lipinski definition) is 5. The molecule has 4 N–H and O–H groups in total. The number of nitrogens with two attached hydrogens (primary N) is 1. The molecular weight excluding hydrogens is 499 g/mol. The molecule has 2 unspecified atom stereocenters. The zero-order valence-corrected chi connectivity index (χ0v) is 21.3. The molecule has 2 aromatic carbocycles. The van der Waals surface area contributed by atoms with Crippen LogP contribution in [-0.2, 0) is 4.79 Å². The molecule has 1 aromatic heterocycles. The predicted octanol–water partition coefficient (Wildman–Crippen LogP) is 5.85. The summed E-state index contributed by atoms with van der Waals surface area (Å²) in [6, 6.07) is 17.7. The van der Waals surface area contributed by atoms with Crippen LogP contribution in [0.3, 0.4) is 0 Å². The Bertz CT molecular complexity index is 1350. The van der Waals surface area contributed by atoms with Crippen LogP contribution in [0.15, 0.2) is 72.6 Å². The molecule has 9 heteroatoms. The van der Waals surface area contributed by atoms with Gasteiger partial charge in [0.25, 0.3) is 5.91 Å². The number of aromatic nitrogens is 1. The Hall–Kier alpha value is -3.55. The number of rotatable bonds is 6. The van der Waals surface area contributed by atoms with E-state index in [4.69, 9.17) is 28.9 Å². The summed E-state index contributed by atoms with van der Waals surface area (Å²) >= 11 is 12.8. The maximum Gasteiger partial charge on any atom is 0.313 e. The number of anilines is 2. The Kier molecular flexibility index (Phi) is 7.24. The number of nitrogens with zero attached hydrogens (tertiary/aromatic N) is 2. The molecule has 36 heavy (non-hydrogen) atoms. The molecule has 2 atom stereocenters. The van der Waals surface area contributed by atoms with Gasteiger partial charge < -0.3 is 21.1 Å². The van der Waals surface area contributed by atoms with Crippen LogP contribution in [0, 0.1) is 11.3 Å². The van der Waals surface area contributed by atoms with Crippen molar-refractivity contribution < 1.29 is 14.7 Å². The van der Waals surface area contributed by atoms with E-state index in [2.05, 4.69) is 10.3 Å². The summed E-state index contributed by atoms with van der Waals surface area (Å²) in [5.41, 5.74) is 6.66. The highest BCUT2D eigenvalue weighted by Crippen LogP contribution is 2.40. The van der Waals surface area contributed by atoms with Gasteiger partial charge in [0.05, 0.1) is 26.7 Å². The lowest BCUT2D eigenvalue weighted by Crippen LogP contribution is -2.49. The first kappa shape index (κ1) is 25.5. The van der Waals surface area contributed by atoms with Crippen molar-refractivity contribution in [1.29, 1.82) is 0 Å². The number of carbonyl (C=O) groups excluding carboxylic acids is 1. The summed E-state index contributed by atoms with van der Waals surface area (Å²) in [5, 5.41) is 13.4. The van der Waals surface area contributed by atoms with Gasteiger partial charge in [-0.25, -0.2) is 4.98 Å². The van der Waals surface area contributed by atoms with Crippen LogP contribution in [0.25, 0.3) is 11.3 Å². The van der Waals surface area contributed by atoms with Gasteiger partial charge in [0.1, 0.15) is 11.6 Å². The molecule has 0 saturated carbocycles. The number of halogens is 2. The average Bonchev–Trinajstić information content (AvgIpc) is 2.84. The second kappa shape index (κ2) is 10.2. The molecule has 0 saturated heterocycles. The van der Waals surface area contributed by atoms with Gasteiger partial charge in [-0.1, -0.05) is 60.8 Å². The van der Waals surface area contributed by atoms with Gasteiger partial charge in [-0.3, -0.25) is 9.59 Å². The van der Waals surface area contributed by atoms with E-state index in [-0.39, 0.29) is 16.5 Å². The van der Waals surface area contributed by atoms with Gasteiger partial charge in [-0.05, 0) is 55.3 Å². The van der Waals surface area contributed by atoms with Crippen LogP contribution >= 0.6 is 23.2 Å². The summed E-state index contributed by atoms with van der Waals surface area (Å²) in [7, 11) is 0. The van der Waals surface area contributed by atoms with Crippen LogP contribution in [-0.4, -0.2) is 28.5 Å². The van der Waals surface area contributed by atoms with Crippen LogP contribution in [0.4, 0.5) is 11.5 Å². The molecule has 7 nitrogen and oxygen atoms in total. The third kappa shape index (κ3) is 4.90. The molecule has 0 aliphatic carbocycles. The quantitative estimate of drug-likeness (QED) is 0.373. The van der Waals surface area contributed by atoms with Gasteiger partial charge in [-0.15, -0.1) is 0 Å². The molecule has 0 spiro atoms. The average molecular weight is 525 g/mol. The Morgan fingerprint density at radius 1 is 1.14 bits per heavy atom. The van der Waals surface area contributed by atoms with E-state index in [0.717, 1.165) is 5.69 Å². The summed E-state index contributed by atoms with van der Waals surface area (Å²) in [6.45, 7) is 4.06. The van der Waals surface area contributed by atoms with Gasteiger partial charge in [-0.2, -0.15) is 0 Å². The normalized spacial score (nSPS) is 19.5. The minimum absolute atomic E-state index is 0.153. The zero-order valence-electron chi connectivity index (χ0n) is 19.8. The molecule has 1 aliphatic rings. The Morgan fingerprint density at radius 3 is 2.50 bits per heavy atom. The molecule has 3 aromatic rings. The monoisotopic (exact) mass is 524 g/mol. The first-order valence-corrected chi connectivity index (χ1v) is 12.2. The van der Waals surface area contributed by atoms with Crippen LogP contribution < -0.4 is 16.0 Å². The smallest absolute Gasteiger partial charge is 0.313 e. The van der Waals surface area contributed by atoms with Gasteiger partial charge in [0.2, 0.25) is 0 Å². The minimum Gasteiger partial charge on any atom is -0.481 e. The number of carbonyl (C=O) groups is 2. The van der Waals surface area contributed by atoms with E-state index in [1.54, 1.807) is 37.3 Å². The molecule has 186 valence electrons. The highest BCUT2D eigenvalue weighted by molar-refractivity contribution is 6.38. The van der Waals surface area contributed by atoms with Crippen molar-refractivity contribution in [3.8, 4) is 11.3 Å². The number of hydrogen-bond donors (Lipinski definition) is 3. The lowest BCUT2D eigenvalue weighted by Gasteiger charge is -2.42. The van der Waals surface area contributed by atoms with Crippen LogP contribution in [0.1, 0.15) is 30.6 Å². The van der Waals surface area contributed by atoms with Gasteiger partial charge in [0, 0.05) is 17.8 Å². The summed E-state index contributed by atoms with van der Waals surface area (Å²) in [6.07, 6.45) is 2.27. The first-order valence-electron chi connectivity index (χ1n) is 11.5. The Morgan fingerprint density at radius 2 is 1.86 bits per heavy atom. The molecule has 2 heterocycles. The lowest BCUT2D eigenvalue weighted by atomic mass is 9.73. The second-order valence-corrected chi connectivity index (χ2v) is 9.70. The van der Waals surface area contributed by atoms with Crippen molar-refractivity contribution in [3.63, 3.8) is 0 Å². The van der Waals surface area contributed by atoms with E-state index < -0.39 is 17.3 Å². The van der Waals surface area contributed by atoms with Crippen molar-refractivity contribution in [3.05, 3.63) is 88.2 Å². The molecule has 0 bridgehead atoms. The number of nitrogens with one attached hydrogen (secondary N) is 1. The molecular formula is C27H26Cl2N4O3. The highest BCUT2D eigenvalue weighted by atomic mass is 35.5. The molecule has 0 radical (unpaired) electrons. The fraction of sp³-hybridized carbons (Fsp3) is 0.222.